The number of benzene rings is 4. The van der Waals surface area contributed by atoms with Crippen LogP contribution in [0.4, 0.5) is 0 Å². The normalized spacial score (nSPS) is 10.8. The van der Waals surface area contributed by atoms with Crippen LogP contribution in [-0.2, 0) is 13.2 Å². The molecular weight excluding hydrogens is 532 g/mol. The molecule has 42 heavy (non-hydrogen) atoms. The van der Waals surface area contributed by atoms with Crippen LogP contribution < -0.4 is 29.1 Å². The lowest BCUT2D eigenvalue weighted by Gasteiger charge is -2.16. The Kier molecular flexibility index (Phi) is 9.29. The smallest absolute Gasteiger partial charge is 0.239 e. The Bertz CT molecular complexity index is 1680. The van der Waals surface area contributed by atoms with Gasteiger partial charge in [0.1, 0.15) is 35.7 Å². The van der Waals surface area contributed by atoms with Gasteiger partial charge in [0.05, 0.1) is 19.8 Å². The zero-order valence-electron chi connectivity index (χ0n) is 24.1. The third-order valence-corrected chi connectivity index (χ3v) is 6.47. The monoisotopic (exact) mass is 566 g/mol. The van der Waals surface area contributed by atoms with Gasteiger partial charge in [0.2, 0.25) is 11.2 Å². The lowest BCUT2D eigenvalue weighted by molar-refractivity contribution is 0.269. The van der Waals surface area contributed by atoms with Crippen molar-refractivity contribution >= 4 is 11.0 Å². The van der Waals surface area contributed by atoms with E-state index in [0.717, 1.165) is 11.1 Å². The molecule has 5 aromatic rings. The van der Waals surface area contributed by atoms with Crippen molar-refractivity contribution in [2.45, 2.75) is 34.0 Å². The minimum atomic E-state index is -0.325. The van der Waals surface area contributed by atoms with Crippen LogP contribution in [0.2, 0.25) is 0 Å². The topological polar surface area (TPSA) is 76.4 Å². The predicted octanol–water partition coefficient (Wildman–Crippen LogP) is 7.81. The Labute approximate surface area is 245 Å². The molecule has 0 saturated carbocycles. The molecule has 0 atom stereocenters. The van der Waals surface area contributed by atoms with E-state index in [0.29, 0.717) is 66.0 Å². The fraction of sp³-hybridized carbons (Fsp3) is 0.229. The molecule has 0 aliphatic rings. The van der Waals surface area contributed by atoms with Crippen LogP contribution in [0, 0.1) is 0 Å². The largest absolute Gasteiger partial charge is 0.493 e. The Hall–Kier alpha value is -4.91. The van der Waals surface area contributed by atoms with Crippen LogP contribution in [0.5, 0.6) is 28.7 Å². The maximum atomic E-state index is 13.9. The number of fused-ring (bicyclic) bond motifs is 1. The van der Waals surface area contributed by atoms with Crippen LogP contribution in [0.1, 0.15) is 31.9 Å². The van der Waals surface area contributed by atoms with Gasteiger partial charge in [-0.25, -0.2) is 0 Å². The van der Waals surface area contributed by atoms with E-state index in [4.69, 9.17) is 28.1 Å². The molecule has 5 rings (SSSR count). The first-order valence-electron chi connectivity index (χ1n) is 14.1. The quantitative estimate of drug-likeness (QED) is 0.144. The van der Waals surface area contributed by atoms with E-state index in [1.165, 1.54) is 0 Å². The highest BCUT2D eigenvalue weighted by Crippen LogP contribution is 2.40. The van der Waals surface area contributed by atoms with Gasteiger partial charge in [-0.05, 0) is 50.1 Å². The van der Waals surface area contributed by atoms with Gasteiger partial charge >= 0.3 is 0 Å². The van der Waals surface area contributed by atoms with E-state index in [-0.39, 0.29) is 23.5 Å². The number of hydrogen-bond donors (Lipinski definition) is 0. The molecule has 0 fully saturated rings. The molecule has 0 amide bonds. The summed E-state index contributed by atoms with van der Waals surface area (Å²) in [4.78, 5) is 13.9. The third-order valence-electron chi connectivity index (χ3n) is 6.47. The molecule has 0 spiro atoms. The highest BCUT2D eigenvalue weighted by atomic mass is 16.5. The summed E-state index contributed by atoms with van der Waals surface area (Å²) in [6.07, 6.45) is 0. The number of hydrogen-bond acceptors (Lipinski definition) is 7. The van der Waals surface area contributed by atoms with Crippen LogP contribution in [0.15, 0.2) is 100 Å². The van der Waals surface area contributed by atoms with Crippen molar-refractivity contribution in [1.82, 2.24) is 0 Å². The zero-order valence-corrected chi connectivity index (χ0v) is 24.1. The van der Waals surface area contributed by atoms with Gasteiger partial charge in [-0.2, -0.15) is 0 Å². The predicted molar refractivity (Wildman–Crippen MR) is 163 cm³/mol. The average molecular weight is 567 g/mol. The second-order valence-corrected chi connectivity index (χ2v) is 9.39. The Balaban J connectivity index is 1.57. The van der Waals surface area contributed by atoms with E-state index in [1.54, 1.807) is 18.2 Å². The summed E-state index contributed by atoms with van der Waals surface area (Å²) in [5.74, 6) is 2.40. The van der Waals surface area contributed by atoms with E-state index < -0.39 is 0 Å². The summed E-state index contributed by atoms with van der Waals surface area (Å²) in [6, 6.07) is 28.6. The lowest BCUT2D eigenvalue weighted by Crippen LogP contribution is -2.12. The Morgan fingerprint density at radius 1 is 0.595 bits per heavy atom. The molecule has 216 valence electrons. The maximum absolute atomic E-state index is 13.9. The number of ether oxygens (including phenoxy) is 5. The van der Waals surface area contributed by atoms with Gasteiger partial charge in [-0.1, -0.05) is 60.7 Å². The van der Waals surface area contributed by atoms with Gasteiger partial charge in [0.25, 0.3) is 0 Å². The highest BCUT2D eigenvalue weighted by molar-refractivity contribution is 5.88. The molecule has 0 bridgehead atoms. The molecule has 0 radical (unpaired) electrons. The molecule has 7 heteroatoms. The minimum Gasteiger partial charge on any atom is -0.493 e. The Morgan fingerprint density at radius 3 is 1.86 bits per heavy atom. The molecule has 0 aliphatic heterocycles. The van der Waals surface area contributed by atoms with E-state index in [9.17, 15) is 4.79 Å². The minimum absolute atomic E-state index is 0.101. The second kappa shape index (κ2) is 13.6. The van der Waals surface area contributed by atoms with Gasteiger partial charge in [-0.15, -0.1) is 0 Å². The molecule has 0 aliphatic carbocycles. The first-order valence-corrected chi connectivity index (χ1v) is 14.1. The van der Waals surface area contributed by atoms with Crippen molar-refractivity contribution in [3.63, 3.8) is 0 Å². The first kappa shape index (κ1) is 28.6. The van der Waals surface area contributed by atoms with Gasteiger partial charge in [0.15, 0.2) is 17.3 Å². The van der Waals surface area contributed by atoms with E-state index in [2.05, 4.69) is 0 Å². The van der Waals surface area contributed by atoms with Crippen molar-refractivity contribution in [2.24, 2.45) is 0 Å². The molecule has 1 aromatic heterocycles. The van der Waals surface area contributed by atoms with Gasteiger partial charge in [-0.3, -0.25) is 4.79 Å². The summed E-state index contributed by atoms with van der Waals surface area (Å²) >= 11 is 0. The third kappa shape index (κ3) is 6.52. The van der Waals surface area contributed by atoms with Crippen LogP contribution in [0.25, 0.3) is 22.3 Å². The zero-order chi connectivity index (χ0) is 29.3. The van der Waals surface area contributed by atoms with Crippen molar-refractivity contribution < 1.29 is 28.1 Å². The van der Waals surface area contributed by atoms with Gasteiger partial charge < -0.3 is 28.1 Å². The maximum Gasteiger partial charge on any atom is 0.239 e. The lowest BCUT2D eigenvalue weighted by atomic mass is 10.1. The summed E-state index contributed by atoms with van der Waals surface area (Å²) in [7, 11) is 0. The summed E-state index contributed by atoms with van der Waals surface area (Å²) < 4.78 is 36.2. The highest BCUT2D eigenvalue weighted by Gasteiger charge is 2.23. The summed E-state index contributed by atoms with van der Waals surface area (Å²) in [6.45, 7) is 7.41. The average Bonchev–Trinajstić information content (AvgIpc) is 3.02. The van der Waals surface area contributed by atoms with Crippen LogP contribution in [0.3, 0.4) is 0 Å². The van der Waals surface area contributed by atoms with Crippen molar-refractivity contribution in [1.29, 1.82) is 0 Å². The van der Waals surface area contributed by atoms with Crippen LogP contribution in [-0.4, -0.2) is 19.8 Å². The molecule has 0 saturated heterocycles. The fourth-order valence-corrected chi connectivity index (χ4v) is 4.57. The van der Waals surface area contributed by atoms with Crippen LogP contribution >= 0.6 is 0 Å². The molecular formula is C35H34O7. The van der Waals surface area contributed by atoms with Crippen molar-refractivity contribution in [3.8, 4) is 40.1 Å². The van der Waals surface area contributed by atoms with Crippen molar-refractivity contribution in [3.05, 3.63) is 112 Å². The molecule has 7 nitrogen and oxygen atoms in total. The molecule has 1 heterocycles. The Morgan fingerprint density at radius 2 is 1.21 bits per heavy atom. The SMILES string of the molecule is CCOc1cc(-c2oc3cc(OCc4ccccc4)cc(OCC)c3c(=O)c2OCC)ccc1OCc1ccccc1. The van der Waals surface area contributed by atoms with E-state index in [1.807, 2.05) is 93.6 Å². The molecule has 0 N–H and O–H groups in total. The second-order valence-electron chi connectivity index (χ2n) is 9.39. The fourth-order valence-electron chi connectivity index (χ4n) is 4.57. The first-order chi connectivity index (χ1) is 20.6. The molecule has 4 aromatic carbocycles. The molecule has 0 unspecified atom stereocenters. The summed E-state index contributed by atoms with van der Waals surface area (Å²) in [5, 5.41) is 0.295. The van der Waals surface area contributed by atoms with Crippen molar-refractivity contribution in [2.75, 3.05) is 19.8 Å². The number of rotatable bonds is 13. The summed E-state index contributed by atoms with van der Waals surface area (Å²) in [5.41, 5.74) is 2.67. The van der Waals surface area contributed by atoms with E-state index >= 15 is 0 Å². The standard InChI is InChI=1S/C35H34O7/c1-4-37-29-19-26(17-18-28(29)41-23-25-15-11-8-12-16-25)34-35(39-6-3)33(36)32-30(38-5-2)20-27(21-31(32)42-34)40-22-24-13-9-7-10-14-24/h7-21H,4-6,22-23H2,1-3H3. The van der Waals surface area contributed by atoms with Gasteiger partial charge in [0, 0.05) is 17.7 Å².